The van der Waals surface area contributed by atoms with E-state index in [0.29, 0.717) is 5.56 Å². The average Bonchev–Trinajstić information content (AvgIpc) is 3.07. The second-order valence-electron chi connectivity index (χ2n) is 4.91. The van der Waals surface area contributed by atoms with E-state index < -0.39 is 0 Å². The van der Waals surface area contributed by atoms with Gasteiger partial charge < -0.3 is 4.98 Å². The van der Waals surface area contributed by atoms with Gasteiger partial charge in [-0.2, -0.15) is 0 Å². The van der Waals surface area contributed by atoms with Crippen molar-refractivity contribution in [3.63, 3.8) is 0 Å². The van der Waals surface area contributed by atoms with Gasteiger partial charge in [-0.25, -0.2) is 4.98 Å². The van der Waals surface area contributed by atoms with Crippen molar-refractivity contribution >= 4 is 6.29 Å². The van der Waals surface area contributed by atoms with Crippen LogP contribution >= 0.6 is 0 Å². The summed E-state index contributed by atoms with van der Waals surface area (Å²) >= 11 is 0. The first-order valence-electron chi connectivity index (χ1n) is 6.91. The van der Waals surface area contributed by atoms with E-state index in [0.717, 1.165) is 29.7 Å². The normalized spacial score (nSPS) is 10.5. The van der Waals surface area contributed by atoms with Crippen LogP contribution in [-0.4, -0.2) is 16.3 Å². The molecule has 0 aliphatic rings. The highest BCUT2D eigenvalue weighted by Crippen LogP contribution is 2.24. The maximum atomic E-state index is 11.1. The van der Waals surface area contributed by atoms with Gasteiger partial charge in [-0.05, 0) is 29.5 Å². The molecule has 0 saturated heterocycles. The van der Waals surface area contributed by atoms with Crippen LogP contribution in [0.1, 0.15) is 16.8 Å². The number of hydrogen-bond acceptors (Lipinski definition) is 2. The zero-order chi connectivity index (χ0) is 14.5. The molecule has 3 heteroatoms. The number of aromatic amines is 1. The Morgan fingerprint density at radius 1 is 1.05 bits per heavy atom. The Bertz CT molecular complexity index is 718. The SMILES string of the molecule is O=[C]c1ccc(CCc2c[nH]cn2)cc1-c1ccccc1. The molecule has 0 saturated carbocycles. The molecule has 0 amide bonds. The smallest absolute Gasteiger partial charge is 0.234 e. The Kier molecular flexibility index (Phi) is 3.92. The third-order valence-electron chi connectivity index (χ3n) is 3.50. The molecule has 0 bridgehead atoms. The highest BCUT2D eigenvalue weighted by molar-refractivity contribution is 5.88. The maximum Gasteiger partial charge on any atom is 0.234 e. The fraction of sp³-hybridized carbons (Fsp3) is 0.111. The summed E-state index contributed by atoms with van der Waals surface area (Å²) in [4.78, 5) is 18.3. The van der Waals surface area contributed by atoms with Crippen LogP contribution in [0.25, 0.3) is 11.1 Å². The quantitative estimate of drug-likeness (QED) is 0.776. The summed E-state index contributed by atoms with van der Waals surface area (Å²) in [5, 5.41) is 0. The van der Waals surface area contributed by atoms with E-state index in [4.69, 9.17) is 0 Å². The summed E-state index contributed by atoms with van der Waals surface area (Å²) in [5.41, 5.74) is 4.81. The molecule has 1 aromatic heterocycles. The number of hydrogen-bond donors (Lipinski definition) is 1. The van der Waals surface area contributed by atoms with Gasteiger partial charge in [0.05, 0.1) is 12.0 Å². The second kappa shape index (κ2) is 6.18. The Labute approximate surface area is 123 Å². The van der Waals surface area contributed by atoms with Gasteiger partial charge in [0.2, 0.25) is 6.29 Å². The Balaban J connectivity index is 1.88. The molecule has 0 atom stereocenters. The number of benzene rings is 2. The fourth-order valence-electron chi connectivity index (χ4n) is 2.39. The molecule has 0 unspecified atom stereocenters. The van der Waals surface area contributed by atoms with Gasteiger partial charge >= 0.3 is 0 Å². The van der Waals surface area contributed by atoms with Crippen molar-refractivity contribution in [1.29, 1.82) is 0 Å². The van der Waals surface area contributed by atoms with Crippen LogP contribution in [0.3, 0.4) is 0 Å². The molecule has 1 N–H and O–H groups in total. The molecule has 103 valence electrons. The number of nitrogens with zero attached hydrogens (tertiary/aromatic N) is 1. The molecule has 21 heavy (non-hydrogen) atoms. The molecular weight excluding hydrogens is 260 g/mol. The summed E-state index contributed by atoms with van der Waals surface area (Å²) in [6.45, 7) is 0. The van der Waals surface area contributed by atoms with Gasteiger partial charge in [0.1, 0.15) is 0 Å². The van der Waals surface area contributed by atoms with E-state index in [1.807, 2.05) is 54.9 Å². The van der Waals surface area contributed by atoms with E-state index in [-0.39, 0.29) is 0 Å². The Morgan fingerprint density at radius 2 is 1.90 bits per heavy atom. The predicted molar refractivity (Wildman–Crippen MR) is 82.7 cm³/mol. The summed E-state index contributed by atoms with van der Waals surface area (Å²) in [6, 6.07) is 15.8. The molecule has 1 heterocycles. The van der Waals surface area contributed by atoms with Crippen molar-refractivity contribution in [2.24, 2.45) is 0 Å². The first-order chi connectivity index (χ1) is 10.4. The zero-order valence-electron chi connectivity index (χ0n) is 11.5. The summed E-state index contributed by atoms with van der Waals surface area (Å²) < 4.78 is 0. The maximum absolute atomic E-state index is 11.1. The van der Waals surface area contributed by atoms with Crippen molar-refractivity contribution in [3.05, 3.63) is 77.9 Å². The fourth-order valence-corrected chi connectivity index (χ4v) is 2.39. The monoisotopic (exact) mass is 275 g/mol. The first kappa shape index (κ1) is 13.3. The third-order valence-corrected chi connectivity index (χ3v) is 3.50. The van der Waals surface area contributed by atoms with Crippen molar-refractivity contribution in [3.8, 4) is 11.1 Å². The van der Waals surface area contributed by atoms with E-state index >= 15 is 0 Å². The van der Waals surface area contributed by atoms with Crippen molar-refractivity contribution in [2.45, 2.75) is 12.8 Å². The molecular formula is C18H15N2O. The topological polar surface area (TPSA) is 45.8 Å². The minimum atomic E-state index is 0.602. The van der Waals surface area contributed by atoms with Crippen LogP contribution in [0.2, 0.25) is 0 Å². The summed E-state index contributed by atoms with van der Waals surface area (Å²) in [7, 11) is 0. The molecule has 1 radical (unpaired) electrons. The lowest BCUT2D eigenvalue weighted by Gasteiger charge is -2.08. The average molecular weight is 275 g/mol. The molecule has 3 rings (SSSR count). The molecule has 0 aliphatic carbocycles. The zero-order valence-corrected chi connectivity index (χ0v) is 11.5. The van der Waals surface area contributed by atoms with E-state index in [1.54, 1.807) is 6.33 Å². The van der Waals surface area contributed by atoms with E-state index in [2.05, 4.69) is 16.0 Å². The lowest BCUT2D eigenvalue weighted by atomic mass is 9.96. The number of aryl methyl sites for hydroxylation is 2. The number of H-pyrrole nitrogens is 1. The van der Waals surface area contributed by atoms with E-state index in [9.17, 15) is 4.79 Å². The number of nitrogens with one attached hydrogen (secondary N) is 1. The molecule has 3 nitrogen and oxygen atoms in total. The minimum Gasteiger partial charge on any atom is -0.351 e. The van der Waals surface area contributed by atoms with Crippen LogP contribution in [0.5, 0.6) is 0 Å². The van der Waals surface area contributed by atoms with Crippen molar-refractivity contribution in [2.75, 3.05) is 0 Å². The third kappa shape index (κ3) is 3.08. The van der Waals surface area contributed by atoms with Gasteiger partial charge in [-0.15, -0.1) is 0 Å². The Hall–Kier alpha value is -2.68. The van der Waals surface area contributed by atoms with Crippen LogP contribution in [0.4, 0.5) is 0 Å². The highest BCUT2D eigenvalue weighted by Gasteiger charge is 2.07. The van der Waals surface area contributed by atoms with Gasteiger partial charge in [-0.1, -0.05) is 48.5 Å². The largest absolute Gasteiger partial charge is 0.351 e. The molecule has 0 aliphatic heterocycles. The van der Waals surface area contributed by atoms with Crippen molar-refractivity contribution in [1.82, 2.24) is 9.97 Å². The Morgan fingerprint density at radius 3 is 2.62 bits per heavy atom. The molecule has 0 spiro atoms. The van der Waals surface area contributed by atoms with E-state index in [1.165, 1.54) is 5.56 Å². The van der Waals surface area contributed by atoms with Crippen LogP contribution in [-0.2, 0) is 17.6 Å². The second-order valence-corrected chi connectivity index (χ2v) is 4.91. The molecule has 2 aromatic carbocycles. The lowest BCUT2D eigenvalue weighted by Crippen LogP contribution is -1.95. The minimum absolute atomic E-state index is 0.602. The van der Waals surface area contributed by atoms with Gasteiger partial charge in [0.25, 0.3) is 0 Å². The lowest BCUT2D eigenvalue weighted by molar-refractivity contribution is 0.563. The predicted octanol–water partition coefficient (Wildman–Crippen LogP) is 3.32. The number of imidazole rings is 1. The van der Waals surface area contributed by atoms with Crippen LogP contribution < -0.4 is 0 Å². The number of rotatable bonds is 5. The molecule has 3 aromatic rings. The van der Waals surface area contributed by atoms with Gasteiger partial charge in [0, 0.05) is 11.8 Å². The van der Waals surface area contributed by atoms with Gasteiger partial charge in [0.15, 0.2) is 0 Å². The van der Waals surface area contributed by atoms with Crippen molar-refractivity contribution < 1.29 is 4.79 Å². The first-order valence-corrected chi connectivity index (χ1v) is 6.91. The van der Waals surface area contributed by atoms with Gasteiger partial charge in [-0.3, -0.25) is 4.79 Å². The van der Waals surface area contributed by atoms with Crippen LogP contribution in [0.15, 0.2) is 61.1 Å². The summed E-state index contributed by atoms with van der Waals surface area (Å²) in [5.74, 6) is 0. The highest BCUT2D eigenvalue weighted by atomic mass is 16.1. The van der Waals surface area contributed by atoms with Crippen LogP contribution in [0, 0.1) is 0 Å². The number of aromatic nitrogens is 2. The standard InChI is InChI=1S/C18H15N2O/c21-12-16-8-6-14(7-9-17-11-19-13-20-17)10-18(16)15-4-2-1-3-5-15/h1-6,8,10-11,13H,7,9H2,(H,19,20). The number of carbonyl (C=O) groups excluding carboxylic acids is 1. The molecule has 0 fully saturated rings. The summed E-state index contributed by atoms with van der Waals surface area (Å²) in [6.07, 6.45) is 7.39.